The van der Waals surface area contributed by atoms with E-state index in [1.165, 1.54) is 30.0 Å². The van der Waals surface area contributed by atoms with E-state index in [2.05, 4.69) is 20.8 Å². The largest absolute Gasteiger partial charge is 0.478 e. The van der Waals surface area contributed by atoms with Crippen molar-refractivity contribution in [3.63, 3.8) is 0 Å². The van der Waals surface area contributed by atoms with Crippen LogP contribution in [0.3, 0.4) is 0 Å². The fraction of sp³-hybridized carbons (Fsp3) is 0.167. The third-order valence-corrected chi connectivity index (χ3v) is 5.45. The zero-order valence-electron chi connectivity index (χ0n) is 14.7. The maximum atomic E-state index is 12.7. The molecule has 0 saturated carbocycles. The van der Waals surface area contributed by atoms with E-state index in [0.717, 1.165) is 5.69 Å². The molecule has 2 aromatic carbocycles. The molecule has 0 aliphatic rings. The predicted octanol–water partition coefficient (Wildman–Crippen LogP) is 3.52. The summed E-state index contributed by atoms with van der Waals surface area (Å²) >= 11 is 7.31. The summed E-state index contributed by atoms with van der Waals surface area (Å²) in [7, 11) is 0. The lowest BCUT2D eigenvalue weighted by atomic mass is 10.2. The topological polar surface area (TPSA) is 110 Å². The minimum Gasteiger partial charge on any atom is -0.478 e. The molecule has 0 aliphatic carbocycles. The van der Waals surface area contributed by atoms with Gasteiger partial charge in [0.25, 0.3) is 0 Å². The lowest BCUT2D eigenvalue weighted by molar-refractivity contribution is -0.115. The van der Waals surface area contributed by atoms with Crippen LogP contribution in [0.4, 0.5) is 5.69 Å². The summed E-state index contributed by atoms with van der Waals surface area (Å²) < 4.78 is 1.55. The zero-order chi connectivity index (χ0) is 20.1. The summed E-state index contributed by atoms with van der Waals surface area (Å²) in [6, 6.07) is 13.5. The summed E-state index contributed by atoms with van der Waals surface area (Å²) in [4.78, 5) is 23.9. The molecule has 8 nitrogen and oxygen atoms in total. The molecule has 1 heterocycles. The average molecular weight is 418 g/mol. The summed E-state index contributed by atoms with van der Waals surface area (Å²) in [5.41, 5.74) is 1.06. The Labute approximate surface area is 169 Å². The highest BCUT2D eigenvalue weighted by molar-refractivity contribution is 8.00. The molecule has 3 rings (SSSR count). The lowest BCUT2D eigenvalue weighted by Crippen LogP contribution is -2.25. The number of anilines is 1. The highest BCUT2D eigenvalue weighted by Crippen LogP contribution is 2.28. The smallest absolute Gasteiger partial charge is 0.335 e. The molecule has 0 aliphatic heterocycles. The van der Waals surface area contributed by atoms with E-state index < -0.39 is 11.2 Å². The number of aromatic carboxylic acids is 1. The van der Waals surface area contributed by atoms with E-state index in [9.17, 15) is 9.59 Å². The Morgan fingerprint density at radius 2 is 2.00 bits per heavy atom. The SMILES string of the molecule is CCC(Sc1nnnn1-c1ccccc1)C(=O)Nc1cc(C(=O)O)ccc1Cl. The molecule has 1 unspecified atom stereocenters. The maximum absolute atomic E-state index is 12.7. The fourth-order valence-electron chi connectivity index (χ4n) is 2.40. The summed E-state index contributed by atoms with van der Waals surface area (Å²) in [6.07, 6.45) is 0.508. The van der Waals surface area contributed by atoms with Crippen LogP contribution in [0.15, 0.2) is 53.7 Å². The van der Waals surface area contributed by atoms with Gasteiger partial charge in [-0.3, -0.25) is 4.79 Å². The first-order valence-electron chi connectivity index (χ1n) is 8.33. The first kappa shape index (κ1) is 19.8. The molecule has 0 radical (unpaired) electrons. The summed E-state index contributed by atoms with van der Waals surface area (Å²) in [5.74, 6) is -1.42. The highest BCUT2D eigenvalue weighted by atomic mass is 35.5. The first-order valence-corrected chi connectivity index (χ1v) is 9.59. The van der Waals surface area contributed by atoms with Crippen molar-refractivity contribution in [2.45, 2.75) is 23.8 Å². The van der Waals surface area contributed by atoms with Crippen molar-refractivity contribution in [3.05, 3.63) is 59.1 Å². The van der Waals surface area contributed by atoms with Crippen molar-refractivity contribution >= 4 is 40.9 Å². The van der Waals surface area contributed by atoms with Crippen LogP contribution in [0.1, 0.15) is 23.7 Å². The Kier molecular flexibility index (Phi) is 6.27. The van der Waals surface area contributed by atoms with Crippen LogP contribution < -0.4 is 5.32 Å². The second kappa shape index (κ2) is 8.85. The van der Waals surface area contributed by atoms with Crippen LogP contribution in [0.25, 0.3) is 5.69 Å². The van der Waals surface area contributed by atoms with Crippen LogP contribution in [0.5, 0.6) is 0 Å². The number of rotatable bonds is 7. The summed E-state index contributed by atoms with van der Waals surface area (Å²) in [5, 5.41) is 23.7. The van der Waals surface area contributed by atoms with Gasteiger partial charge in [0.1, 0.15) is 0 Å². The van der Waals surface area contributed by atoms with E-state index in [1.807, 2.05) is 37.3 Å². The van der Waals surface area contributed by atoms with Crippen LogP contribution in [0, 0.1) is 0 Å². The Morgan fingerprint density at radius 3 is 2.68 bits per heavy atom. The van der Waals surface area contributed by atoms with Crippen molar-refractivity contribution < 1.29 is 14.7 Å². The number of carboxylic acid groups (broad SMARTS) is 1. The molecule has 1 aromatic heterocycles. The van der Waals surface area contributed by atoms with Gasteiger partial charge in [-0.05, 0) is 47.2 Å². The van der Waals surface area contributed by atoms with Gasteiger partial charge in [-0.25, -0.2) is 4.79 Å². The van der Waals surface area contributed by atoms with Gasteiger partial charge in [-0.2, -0.15) is 4.68 Å². The predicted molar refractivity (Wildman–Crippen MR) is 106 cm³/mol. The molecule has 28 heavy (non-hydrogen) atoms. The van der Waals surface area contributed by atoms with Gasteiger partial charge in [0, 0.05) is 0 Å². The molecular weight excluding hydrogens is 402 g/mol. The van der Waals surface area contributed by atoms with Crippen LogP contribution in [-0.4, -0.2) is 42.4 Å². The Bertz CT molecular complexity index is 996. The van der Waals surface area contributed by atoms with E-state index in [4.69, 9.17) is 16.7 Å². The molecule has 0 bridgehead atoms. The molecule has 1 amide bonds. The Morgan fingerprint density at radius 1 is 1.25 bits per heavy atom. The Balaban J connectivity index is 1.78. The number of thioether (sulfide) groups is 1. The van der Waals surface area contributed by atoms with E-state index in [0.29, 0.717) is 11.6 Å². The number of amides is 1. The van der Waals surface area contributed by atoms with Gasteiger partial charge in [-0.1, -0.05) is 48.5 Å². The first-order chi connectivity index (χ1) is 13.5. The number of nitrogens with zero attached hydrogens (tertiary/aromatic N) is 4. The number of nitrogens with one attached hydrogen (secondary N) is 1. The lowest BCUT2D eigenvalue weighted by Gasteiger charge is -2.15. The monoisotopic (exact) mass is 417 g/mol. The number of carbonyl (C=O) groups excluding carboxylic acids is 1. The van der Waals surface area contributed by atoms with Gasteiger partial charge in [0.2, 0.25) is 11.1 Å². The highest BCUT2D eigenvalue weighted by Gasteiger charge is 2.23. The van der Waals surface area contributed by atoms with Crippen molar-refractivity contribution in [2.24, 2.45) is 0 Å². The minimum absolute atomic E-state index is 0.0356. The molecule has 144 valence electrons. The van der Waals surface area contributed by atoms with E-state index in [-0.39, 0.29) is 22.2 Å². The van der Waals surface area contributed by atoms with Gasteiger partial charge in [-0.15, -0.1) is 5.10 Å². The molecule has 0 spiro atoms. The molecule has 0 saturated heterocycles. The van der Waals surface area contributed by atoms with E-state index in [1.54, 1.807) is 4.68 Å². The number of halogens is 1. The summed E-state index contributed by atoms with van der Waals surface area (Å²) in [6.45, 7) is 1.86. The second-order valence-electron chi connectivity index (χ2n) is 5.71. The standard InChI is InChI=1S/C18H16ClN5O3S/c1-2-15(16(25)20-14-10-11(17(26)27)8-9-13(14)19)28-18-21-22-23-24(18)12-6-4-3-5-7-12/h3-10,15H,2H2,1H3,(H,20,25)(H,26,27). The number of carboxylic acids is 1. The van der Waals surface area contributed by atoms with E-state index >= 15 is 0 Å². The number of para-hydroxylation sites is 1. The number of benzene rings is 2. The van der Waals surface area contributed by atoms with Crippen molar-refractivity contribution in [1.29, 1.82) is 0 Å². The molecule has 3 aromatic rings. The number of carbonyl (C=O) groups is 2. The van der Waals surface area contributed by atoms with Gasteiger partial charge >= 0.3 is 5.97 Å². The Hall–Kier alpha value is -2.91. The van der Waals surface area contributed by atoms with Crippen molar-refractivity contribution in [3.8, 4) is 5.69 Å². The van der Waals surface area contributed by atoms with Gasteiger partial charge in [0.15, 0.2) is 0 Å². The minimum atomic E-state index is -1.10. The molecule has 1 atom stereocenters. The zero-order valence-corrected chi connectivity index (χ0v) is 16.3. The number of tetrazole rings is 1. The second-order valence-corrected chi connectivity index (χ2v) is 7.29. The van der Waals surface area contributed by atoms with Crippen molar-refractivity contribution in [2.75, 3.05) is 5.32 Å². The molecular formula is C18H16ClN5O3S. The van der Waals surface area contributed by atoms with Gasteiger partial charge < -0.3 is 10.4 Å². The maximum Gasteiger partial charge on any atom is 0.335 e. The van der Waals surface area contributed by atoms with Gasteiger partial charge in [0.05, 0.1) is 27.2 Å². The molecule has 0 fully saturated rings. The van der Waals surface area contributed by atoms with Crippen LogP contribution >= 0.6 is 23.4 Å². The van der Waals surface area contributed by atoms with Crippen LogP contribution in [0.2, 0.25) is 5.02 Å². The number of hydrogen-bond acceptors (Lipinski definition) is 6. The third kappa shape index (κ3) is 4.49. The third-order valence-electron chi connectivity index (χ3n) is 3.82. The molecule has 10 heteroatoms. The number of aromatic nitrogens is 4. The molecule has 2 N–H and O–H groups in total. The average Bonchev–Trinajstić information content (AvgIpc) is 3.16. The van der Waals surface area contributed by atoms with Crippen LogP contribution in [-0.2, 0) is 4.79 Å². The quantitative estimate of drug-likeness (QED) is 0.566. The number of hydrogen-bond donors (Lipinski definition) is 2. The normalized spacial score (nSPS) is 11.8. The van der Waals surface area contributed by atoms with Crippen molar-refractivity contribution in [1.82, 2.24) is 20.2 Å². The fourth-order valence-corrected chi connectivity index (χ4v) is 3.48.